The number of carboxylic acid groups (broad SMARTS) is 1. The first-order valence-corrected chi connectivity index (χ1v) is 8.90. The average Bonchev–Trinajstić information content (AvgIpc) is 2.66. The lowest BCUT2D eigenvalue weighted by atomic mass is 10.3. The van der Waals surface area contributed by atoms with Crippen molar-refractivity contribution in [2.45, 2.75) is 32.2 Å². The van der Waals surface area contributed by atoms with Crippen LogP contribution in [0.3, 0.4) is 0 Å². The molecule has 1 atom stereocenters. The Hall–Kier alpha value is -1.35. The molecule has 0 saturated heterocycles. The molecule has 0 saturated carbocycles. The SMILES string of the molecule is CCn1c(C)[n+](CC(C(=O)O)S(=O)(=O)O)c2cc(Cl)c(Cl)cc21. The number of carbonyl (C=O) groups is 1. The van der Waals surface area contributed by atoms with Crippen LogP contribution in [0.15, 0.2) is 12.1 Å². The third-order valence-corrected chi connectivity index (χ3v) is 5.47. The molecule has 0 aliphatic carbocycles. The fourth-order valence-corrected chi connectivity index (χ4v) is 3.46. The number of imidazole rings is 1. The molecule has 23 heavy (non-hydrogen) atoms. The van der Waals surface area contributed by atoms with Crippen LogP contribution in [0.1, 0.15) is 12.7 Å². The Morgan fingerprint density at radius 2 is 1.91 bits per heavy atom. The van der Waals surface area contributed by atoms with Crippen molar-refractivity contribution in [1.82, 2.24) is 4.57 Å². The minimum atomic E-state index is -4.75. The number of nitrogens with zero attached hydrogens (tertiary/aromatic N) is 2. The summed E-state index contributed by atoms with van der Waals surface area (Å²) in [5, 5.41) is 7.71. The molecule has 0 spiro atoms. The number of hydrogen-bond acceptors (Lipinski definition) is 3. The maximum Gasteiger partial charge on any atom is 0.328 e. The number of hydrogen-bond donors (Lipinski definition) is 2. The van der Waals surface area contributed by atoms with Crippen molar-refractivity contribution in [2.24, 2.45) is 0 Å². The normalized spacial score (nSPS) is 13.4. The lowest BCUT2D eigenvalue weighted by Crippen LogP contribution is -2.47. The average molecular weight is 382 g/mol. The quantitative estimate of drug-likeness (QED) is 0.608. The first kappa shape index (κ1) is 18.0. The first-order valence-electron chi connectivity index (χ1n) is 6.64. The number of aromatic nitrogens is 2. The molecule has 0 aliphatic heterocycles. The number of aliphatic carboxylic acids is 1. The van der Waals surface area contributed by atoms with E-state index < -0.39 is 27.9 Å². The predicted molar refractivity (Wildman–Crippen MR) is 85.5 cm³/mol. The molecule has 7 nitrogen and oxygen atoms in total. The summed E-state index contributed by atoms with van der Waals surface area (Å²) < 4.78 is 35.2. The van der Waals surface area contributed by atoms with Gasteiger partial charge in [0.15, 0.2) is 11.0 Å². The summed E-state index contributed by atoms with van der Waals surface area (Å²) >= 11 is 12.0. The third-order valence-electron chi connectivity index (χ3n) is 3.68. The van der Waals surface area contributed by atoms with Gasteiger partial charge in [0.1, 0.15) is 6.54 Å². The molecule has 1 aromatic carbocycles. The highest BCUT2D eigenvalue weighted by Gasteiger charge is 2.36. The summed E-state index contributed by atoms with van der Waals surface area (Å²) in [6.45, 7) is 3.73. The van der Waals surface area contributed by atoms with Gasteiger partial charge in [-0.25, -0.2) is 9.13 Å². The van der Waals surface area contributed by atoms with Gasteiger partial charge in [-0.15, -0.1) is 0 Å². The van der Waals surface area contributed by atoms with Gasteiger partial charge in [0, 0.05) is 19.1 Å². The van der Waals surface area contributed by atoms with E-state index in [4.69, 9.17) is 32.9 Å². The molecule has 126 valence electrons. The number of rotatable bonds is 5. The molecule has 2 N–H and O–H groups in total. The fourth-order valence-electron chi connectivity index (χ4n) is 2.55. The van der Waals surface area contributed by atoms with Gasteiger partial charge in [0.25, 0.3) is 15.9 Å². The number of benzene rings is 1. The van der Waals surface area contributed by atoms with Gasteiger partial charge in [-0.3, -0.25) is 9.35 Å². The van der Waals surface area contributed by atoms with E-state index in [-0.39, 0.29) is 5.02 Å². The van der Waals surface area contributed by atoms with Crippen LogP contribution >= 0.6 is 23.2 Å². The molecule has 0 radical (unpaired) electrons. The number of carboxylic acids is 1. The maximum atomic E-state index is 11.3. The Bertz CT molecular complexity index is 892. The summed E-state index contributed by atoms with van der Waals surface area (Å²) in [4.78, 5) is 11.2. The molecular formula is C13H15Cl2N2O5S+. The van der Waals surface area contributed by atoms with Crippen LogP contribution in [0.2, 0.25) is 10.0 Å². The Kier molecular flexibility index (Phi) is 4.91. The van der Waals surface area contributed by atoms with Crippen molar-refractivity contribution in [2.75, 3.05) is 0 Å². The first-order chi connectivity index (χ1) is 10.6. The largest absolute Gasteiger partial charge is 0.480 e. The van der Waals surface area contributed by atoms with E-state index in [9.17, 15) is 13.2 Å². The molecule has 2 aromatic rings. The Morgan fingerprint density at radius 1 is 1.35 bits per heavy atom. The zero-order valence-electron chi connectivity index (χ0n) is 12.3. The predicted octanol–water partition coefficient (Wildman–Crippen LogP) is 1.90. The van der Waals surface area contributed by atoms with Crippen LogP contribution in [0.25, 0.3) is 11.0 Å². The van der Waals surface area contributed by atoms with Crippen molar-refractivity contribution >= 4 is 50.3 Å². The van der Waals surface area contributed by atoms with E-state index >= 15 is 0 Å². The topological polar surface area (TPSA) is 100 Å². The second-order valence-electron chi connectivity index (χ2n) is 5.00. The molecule has 0 aliphatic rings. The van der Waals surface area contributed by atoms with E-state index in [2.05, 4.69) is 0 Å². The lowest BCUT2D eigenvalue weighted by molar-refractivity contribution is -0.676. The van der Waals surface area contributed by atoms with Crippen molar-refractivity contribution in [3.8, 4) is 0 Å². The van der Waals surface area contributed by atoms with Gasteiger partial charge in [-0.1, -0.05) is 23.2 Å². The van der Waals surface area contributed by atoms with E-state index in [1.54, 1.807) is 19.1 Å². The minimum Gasteiger partial charge on any atom is -0.480 e. The number of fused-ring (bicyclic) bond motifs is 1. The van der Waals surface area contributed by atoms with Crippen LogP contribution in [-0.4, -0.2) is 33.9 Å². The Balaban J connectivity index is 2.72. The zero-order chi connectivity index (χ0) is 17.5. The summed E-state index contributed by atoms with van der Waals surface area (Å²) in [5.74, 6) is -1.01. The van der Waals surface area contributed by atoms with E-state index in [0.717, 1.165) is 0 Å². The van der Waals surface area contributed by atoms with Crippen molar-refractivity contribution in [1.29, 1.82) is 0 Å². The van der Waals surface area contributed by atoms with Gasteiger partial charge in [-0.05, 0) is 6.92 Å². The van der Waals surface area contributed by atoms with Crippen molar-refractivity contribution in [3.05, 3.63) is 28.0 Å². The second-order valence-corrected chi connectivity index (χ2v) is 7.41. The van der Waals surface area contributed by atoms with Gasteiger partial charge in [-0.2, -0.15) is 8.42 Å². The summed E-state index contributed by atoms with van der Waals surface area (Å²) in [5.41, 5.74) is 1.23. The molecular weight excluding hydrogens is 367 g/mol. The zero-order valence-corrected chi connectivity index (χ0v) is 14.7. The summed E-state index contributed by atoms with van der Waals surface area (Å²) in [6, 6.07) is 3.18. The molecule has 2 rings (SSSR count). The molecule has 0 bridgehead atoms. The van der Waals surface area contributed by atoms with Gasteiger partial charge in [0.2, 0.25) is 5.25 Å². The van der Waals surface area contributed by atoms with Crippen LogP contribution < -0.4 is 4.57 Å². The molecule has 1 heterocycles. The molecule has 1 unspecified atom stereocenters. The standard InChI is InChI=1S/C13H14Cl2N2O5S/c1-3-16-7(2)17(6-12(13(18)19)23(20,21)22)11-5-9(15)8(14)4-10(11)16/h4-5,12H,3,6H2,1-2H3,(H-,18,19,20,21,22)/p+1. The molecule has 0 fully saturated rings. The summed E-state index contributed by atoms with van der Waals surface area (Å²) in [6.07, 6.45) is 0. The number of halogens is 2. The maximum absolute atomic E-state index is 11.3. The Morgan fingerprint density at radius 3 is 2.39 bits per heavy atom. The molecule has 10 heteroatoms. The van der Waals surface area contributed by atoms with Crippen LogP contribution in [0.4, 0.5) is 0 Å². The lowest BCUT2D eigenvalue weighted by Gasteiger charge is -2.08. The third kappa shape index (κ3) is 3.30. The highest BCUT2D eigenvalue weighted by molar-refractivity contribution is 7.87. The number of aryl methyl sites for hydroxylation is 1. The van der Waals surface area contributed by atoms with E-state index in [1.807, 2.05) is 11.5 Å². The fraction of sp³-hybridized carbons (Fsp3) is 0.385. The Labute approximate surface area is 142 Å². The highest BCUT2D eigenvalue weighted by Crippen LogP contribution is 2.27. The van der Waals surface area contributed by atoms with Crippen LogP contribution in [0, 0.1) is 6.92 Å². The highest BCUT2D eigenvalue weighted by atomic mass is 35.5. The van der Waals surface area contributed by atoms with Gasteiger partial charge < -0.3 is 5.11 Å². The molecule has 1 aromatic heterocycles. The van der Waals surface area contributed by atoms with Crippen LogP contribution in [0.5, 0.6) is 0 Å². The van der Waals surface area contributed by atoms with Crippen molar-refractivity contribution in [3.63, 3.8) is 0 Å². The van der Waals surface area contributed by atoms with Gasteiger partial charge in [0.05, 0.1) is 16.6 Å². The minimum absolute atomic E-state index is 0.264. The van der Waals surface area contributed by atoms with E-state index in [1.165, 1.54) is 4.57 Å². The molecule has 0 amide bonds. The smallest absolute Gasteiger partial charge is 0.328 e. The monoisotopic (exact) mass is 381 g/mol. The van der Waals surface area contributed by atoms with Crippen LogP contribution in [-0.2, 0) is 28.0 Å². The second kappa shape index (κ2) is 6.27. The van der Waals surface area contributed by atoms with Crippen molar-refractivity contribution < 1.29 is 27.4 Å². The van der Waals surface area contributed by atoms with E-state index in [0.29, 0.717) is 28.4 Å². The van der Waals surface area contributed by atoms with Gasteiger partial charge >= 0.3 is 5.97 Å². The summed E-state index contributed by atoms with van der Waals surface area (Å²) in [7, 11) is -4.75.